The van der Waals surface area contributed by atoms with Crippen LogP contribution in [-0.2, 0) is 13.0 Å². The number of H-pyrrole nitrogens is 1. The topological polar surface area (TPSA) is 78.0 Å². The smallest absolute Gasteiger partial charge is 0.192 e. The maximum absolute atomic E-state index is 4.75. The van der Waals surface area contributed by atoms with Crippen LogP contribution >= 0.6 is 24.0 Å². The van der Waals surface area contributed by atoms with Gasteiger partial charge in [0.15, 0.2) is 11.8 Å². The molecule has 0 saturated heterocycles. The maximum atomic E-state index is 4.75. The van der Waals surface area contributed by atoms with Crippen LogP contribution in [0.5, 0.6) is 0 Å². The number of rotatable bonds is 7. The fourth-order valence-corrected chi connectivity index (χ4v) is 2.98. The summed E-state index contributed by atoms with van der Waals surface area (Å²) in [6, 6.07) is 17.1. The zero-order valence-corrected chi connectivity index (χ0v) is 19.5. The van der Waals surface area contributed by atoms with E-state index in [1.807, 2.05) is 12.1 Å². The lowest BCUT2D eigenvalue weighted by Gasteiger charge is -2.18. The summed E-state index contributed by atoms with van der Waals surface area (Å²) in [5.41, 5.74) is 4.72. The zero-order valence-electron chi connectivity index (χ0n) is 17.1. The van der Waals surface area contributed by atoms with E-state index >= 15 is 0 Å². The molecule has 0 saturated carbocycles. The molecule has 0 aliphatic carbocycles. The number of hydrogen-bond donors (Lipinski definition) is 3. The molecule has 2 aromatic carbocycles. The van der Waals surface area contributed by atoms with Crippen LogP contribution < -0.4 is 10.6 Å². The molecule has 0 spiro atoms. The number of guanidine groups is 1. The zero-order chi connectivity index (χ0) is 19.8. The largest absolute Gasteiger partial charge is 0.357 e. The monoisotopic (exact) mass is 504 g/mol. The molecule has 1 unspecified atom stereocenters. The van der Waals surface area contributed by atoms with E-state index in [4.69, 9.17) is 4.99 Å². The van der Waals surface area contributed by atoms with Crippen LogP contribution in [0.25, 0.3) is 11.4 Å². The van der Waals surface area contributed by atoms with E-state index in [2.05, 4.69) is 83.0 Å². The van der Waals surface area contributed by atoms with Gasteiger partial charge in [0.05, 0.1) is 12.6 Å². The van der Waals surface area contributed by atoms with Gasteiger partial charge in [-0.05, 0) is 43.0 Å². The first-order valence-electron chi connectivity index (χ1n) is 9.78. The molecule has 3 N–H and O–H groups in total. The first-order chi connectivity index (χ1) is 13.7. The van der Waals surface area contributed by atoms with Gasteiger partial charge in [0, 0.05) is 12.1 Å². The number of nitrogens with zero attached hydrogens (tertiary/aromatic N) is 3. The number of aliphatic imine (C=N–C) groups is 1. The van der Waals surface area contributed by atoms with E-state index in [1.54, 1.807) is 0 Å². The first-order valence-corrected chi connectivity index (χ1v) is 9.78. The summed E-state index contributed by atoms with van der Waals surface area (Å²) >= 11 is 0. The van der Waals surface area contributed by atoms with Crippen molar-refractivity contribution in [2.45, 2.75) is 39.8 Å². The molecule has 7 heteroatoms. The molecule has 0 radical (unpaired) electrons. The van der Waals surface area contributed by atoms with Crippen LogP contribution in [-0.4, -0.2) is 27.7 Å². The quantitative estimate of drug-likeness (QED) is 0.252. The molecular formula is C22H29IN6. The second-order valence-corrected chi connectivity index (χ2v) is 6.69. The van der Waals surface area contributed by atoms with Crippen molar-refractivity contribution < 1.29 is 0 Å². The lowest BCUT2D eigenvalue weighted by molar-refractivity contribution is 0.686. The summed E-state index contributed by atoms with van der Waals surface area (Å²) in [6.07, 6.45) is 2.57. The summed E-state index contributed by atoms with van der Waals surface area (Å²) < 4.78 is 0. The third-order valence-electron chi connectivity index (χ3n) is 4.62. The van der Waals surface area contributed by atoms with E-state index in [1.165, 1.54) is 17.5 Å². The Bertz CT molecular complexity index is 890. The second kappa shape index (κ2) is 11.5. The fraction of sp³-hybridized carbons (Fsp3) is 0.318. The van der Waals surface area contributed by atoms with Gasteiger partial charge in [-0.1, -0.05) is 49.4 Å². The van der Waals surface area contributed by atoms with Crippen molar-refractivity contribution in [3.63, 3.8) is 0 Å². The predicted molar refractivity (Wildman–Crippen MR) is 129 cm³/mol. The van der Waals surface area contributed by atoms with Gasteiger partial charge in [-0.2, -0.15) is 5.10 Å². The molecule has 29 heavy (non-hydrogen) atoms. The predicted octanol–water partition coefficient (Wildman–Crippen LogP) is 4.47. The lowest BCUT2D eigenvalue weighted by Crippen LogP contribution is -2.38. The van der Waals surface area contributed by atoms with Gasteiger partial charge < -0.3 is 10.6 Å². The number of nitrogens with one attached hydrogen (secondary N) is 3. The summed E-state index contributed by atoms with van der Waals surface area (Å²) in [6.45, 7) is 7.79. The highest BCUT2D eigenvalue weighted by atomic mass is 127. The van der Waals surface area contributed by atoms with Crippen LogP contribution in [0.4, 0.5) is 0 Å². The fourth-order valence-electron chi connectivity index (χ4n) is 2.98. The Labute approximate surface area is 189 Å². The maximum Gasteiger partial charge on any atom is 0.192 e. The van der Waals surface area contributed by atoms with E-state index in [-0.39, 0.29) is 30.0 Å². The minimum Gasteiger partial charge on any atom is -0.357 e. The van der Waals surface area contributed by atoms with Gasteiger partial charge in [-0.25, -0.2) is 9.98 Å². The molecule has 0 amide bonds. The molecule has 0 bridgehead atoms. The van der Waals surface area contributed by atoms with Crippen LogP contribution in [0.3, 0.4) is 0 Å². The molecule has 0 aliphatic rings. The summed E-state index contributed by atoms with van der Waals surface area (Å²) in [7, 11) is 0. The van der Waals surface area contributed by atoms with Crippen LogP contribution in [0, 0.1) is 0 Å². The van der Waals surface area contributed by atoms with Gasteiger partial charge in [0.1, 0.15) is 6.33 Å². The minimum absolute atomic E-state index is 0. The molecule has 0 fully saturated rings. The van der Waals surface area contributed by atoms with Gasteiger partial charge in [0.25, 0.3) is 0 Å². The van der Waals surface area contributed by atoms with Crippen LogP contribution in [0.2, 0.25) is 0 Å². The highest BCUT2D eigenvalue weighted by molar-refractivity contribution is 14.0. The molecular weight excluding hydrogens is 475 g/mol. The van der Waals surface area contributed by atoms with E-state index in [0.29, 0.717) is 6.54 Å². The SMILES string of the molecule is CCNC(=NCc1cccc(-c2ncn[nH]2)c1)NC(C)c1ccc(CC)cc1.I. The Kier molecular flexibility index (Phi) is 9.11. The van der Waals surface area contributed by atoms with Crippen molar-refractivity contribution in [3.8, 4) is 11.4 Å². The number of hydrogen-bond acceptors (Lipinski definition) is 3. The number of aryl methyl sites for hydroxylation is 1. The van der Waals surface area contributed by atoms with E-state index in [9.17, 15) is 0 Å². The van der Waals surface area contributed by atoms with Gasteiger partial charge >= 0.3 is 0 Å². The van der Waals surface area contributed by atoms with Gasteiger partial charge in [0.2, 0.25) is 0 Å². The standard InChI is InChI=1S/C22H28N6.HI/c1-4-17-9-11-19(12-10-17)16(3)27-22(23-5-2)24-14-18-7-6-8-20(13-18)21-25-15-26-28-21;/h6-13,15-16H,4-5,14H2,1-3H3,(H2,23,24,27)(H,25,26,28);1H. The van der Waals surface area contributed by atoms with Gasteiger partial charge in [-0.3, -0.25) is 5.10 Å². The number of aromatic amines is 1. The molecule has 3 aromatic rings. The summed E-state index contributed by atoms with van der Waals surface area (Å²) in [5, 5.41) is 13.6. The molecule has 3 rings (SSSR count). The van der Waals surface area contributed by atoms with Crippen molar-refractivity contribution >= 4 is 29.9 Å². The number of halogens is 1. The average Bonchev–Trinajstić information content (AvgIpc) is 3.27. The molecule has 154 valence electrons. The van der Waals surface area contributed by atoms with Gasteiger partial charge in [-0.15, -0.1) is 24.0 Å². The third kappa shape index (κ3) is 6.56. The highest BCUT2D eigenvalue weighted by Gasteiger charge is 2.08. The normalized spacial score (nSPS) is 12.2. The van der Waals surface area contributed by atoms with Crippen molar-refractivity contribution in [2.24, 2.45) is 4.99 Å². The molecule has 6 nitrogen and oxygen atoms in total. The molecule has 1 aromatic heterocycles. The Balaban J connectivity index is 0.00000300. The van der Waals surface area contributed by atoms with Crippen molar-refractivity contribution in [1.82, 2.24) is 25.8 Å². The Morgan fingerprint density at radius 1 is 1.10 bits per heavy atom. The second-order valence-electron chi connectivity index (χ2n) is 6.69. The molecule has 1 atom stereocenters. The lowest BCUT2D eigenvalue weighted by atomic mass is 10.1. The number of aromatic nitrogens is 3. The van der Waals surface area contributed by atoms with E-state index in [0.717, 1.165) is 35.9 Å². The highest BCUT2D eigenvalue weighted by Crippen LogP contribution is 2.16. The van der Waals surface area contributed by atoms with E-state index < -0.39 is 0 Å². The minimum atomic E-state index is 0. The van der Waals surface area contributed by atoms with Crippen LogP contribution in [0.1, 0.15) is 43.5 Å². The molecule has 0 aliphatic heterocycles. The molecule has 1 heterocycles. The Morgan fingerprint density at radius 2 is 1.90 bits per heavy atom. The summed E-state index contributed by atoms with van der Waals surface area (Å²) in [4.78, 5) is 8.96. The summed E-state index contributed by atoms with van der Waals surface area (Å²) in [5.74, 6) is 1.57. The van der Waals surface area contributed by atoms with Crippen molar-refractivity contribution in [3.05, 3.63) is 71.5 Å². The third-order valence-corrected chi connectivity index (χ3v) is 4.62. The Hall–Kier alpha value is -2.42. The van der Waals surface area contributed by atoms with Crippen molar-refractivity contribution in [1.29, 1.82) is 0 Å². The first kappa shape index (κ1) is 22.9. The number of benzene rings is 2. The van der Waals surface area contributed by atoms with Crippen LogP contribution in [0.15, 0.2) is 59.9 Å². The Morgan fingerprint density at radius 3 is 2.55 bits per heavy atom. The average molecular weight is 504 g/mol. The van der Waals surface area contributed by atoms with Crippen molar-refractivity contribution in [2.75, 3.05) is 6.54 Å².